The van der Waals surface area contributed by atoms with Crippen molar-refractivity contribution in [2.75, 3.05) is 38.1 Å². The van der Waals surface area contributed by atoms with E-state index in [0.29, 0.717) is 5.56 Å². The second kappa shape index (κ2) is 9.25. The van der Waals surface area contributed by atoms with Gasteiger partial charge in [0.2, 0.25) is 0 Å². The van der Waals surface area contributed by atoms with Crippen LogP contribution in [0.15, 0.2) is 49.4 Å². The maximum Gasteiger partial charge on any atom is 0.328 e. The van der Waals surface area contributed by atoms with Crippen molar-refractivity contribution in [2.45, 2.75) is 13.8 Å². The van der Waals surface area contributed by atoms with E-state index in [-0.39, 0.29) is 11.2 Å². The Hall–Kier alpha value is -3.37. The molecule has 1 N–H and O–H groups in total. The molecule has 0 saturated carbocycles. The number of anilines is 1. The molecule has 2 aromatic heterocycles. The number of hydrogen-bond acceptors (Lipinski definition) is 5. The van der Waals surface area contributed by atoms with Crippen molar-refractivity contribution in [1.82, 2.24) is 23.8 Å². The van der Waals surface area contributed by atoms with Gasteiger partial charge >= 0.3 is 5.69 Å². The SMILES string of the molecule is Cc1cc(Br)ccc1-n1[nH]c(C)c(C=Nc2cc3c(cc2N2CCN(C)CC2)n(C)c(=O)n3C)c1=O. The molecule has 0 atom stereocenters. The number of aromatic amines is 1. The highest BCUT2D eigenvalue weighted by Gasteiger charge is 2.20. The largest absolute Gasteiger partial charge is 0.367 e. The Labute approximate surface area is 217 Å². The second-order valence-electron chi connectivity index (χ2n) is 9.50. The monoisotopic (exact) mass is 551 g/mol. The van der Waals surface area contributed by atoms with Gasteiger partial charge in [0.15, 0.2) is 0 Å². The normalized spacial score (nSPS) is 15.0. The number of aromatic nitrogens is 4. The maximum atomic E-state index is 13.3. The van der Waals surface area contributed by atoms with Gasteiger partial charge in [-0.1, -0.05) is 15.9 Å². The zero-order valence-electron chi connectivity index (χ0n) is 21.2. The van der Waals surface area contributed by atoms with Crippen molar-refractivity contribution in [3.05, 3.63) is 72.5 Å². The first-order valence-electron chi connectivity index (χ1n) is 11.9. The fraction of sp³-hybridized carbons (Fsp3) is 0.346. The number of aryl methyl sites for hydroxylation is 4. The van der Waals surface area contributed by atoms with Crippen molar-refractivity contribution in [3.8, 4) is 5.69 Å². The van der Waals surface area contributed by atoms with Crippen LogP contribution in [0.3, 0.4) is 0 Å². The molecule has 0 spiro atoms. The van der Waals surface area contributed by atoms with Crippen molar-refractivity contribution >= 4 is 44.6 Å². The van der Waals surface area contributed by atoms with E-state index >= 15 is 0 Å². The second-order valence-corrected chi connectivity index (χ2v) is 10.4. The topological polar surface area (TPSA) is 83.6 Å². The molecule has 1 aliphatic heterocycles. The van der Waals surface area contributed by atoms with Crippen LogP contribution in [0, 0.1) is 13.8 Å². The molecular weight excluding hydrogens is 522 g/mol. The van der Waals surface area contributed by atoms with Crippen LogP contribution in [-0.4, -0.2) is 63.3 Å². The molecule has 0 amide bonds. The number of imidazole rings is 1. The quantitative estimate of drug-likeness (QED) is 0.394. The molecule has 1 aliphatic rings. The van der Waals surface area contributed by atoms with Gasteiger partial charge in [-0.3, -0.25) is 24.0 Å². The van der Waals surface area contributed by atoms with Crippen LogP contribution in [0.1, 0.15) is 16.8 Å². The van der Waals surface area contributed by atoms with E-state index in [4.69, 9.17) is 4.99 Å². The number of piperazine rings is 1. The summed E-state index contributed by atoms with van der Waals surface area (Å²) in [5, 5.41) is 3.19. The van der Waals surface area contributed by atoms with Crippen molar-refractivity contribution in [1.29, 1.82) is 0 Å². The first-order valence-corrected chi connectivity index (χ1v) is 12.7. The Bertz CT molecular complexity index is 1610. The minimum Gasteiger partial charge on any atom is -0.367 e. The molecule has 0 bridgehead atoms. The van der Waals surface area contributed by atoms with Gasteiger partial charge in [-0.2, -0.15) is 0 Å². The molecule has 2 aromatic carbocycles. The summed E-state index contributed by atoms with van der Waals surface area (Å²) in [4.78, 5) is 35.4. The molecule has 0 unspecified atom stereocenters. The Morgan fingerprint density at radius 3 is 2.25 bits per heavy atom. The Balaban J connectivity index is 1.61. The van der Waals surface area contributed by atoms with Gasteiger partial charge in [-0.05, 0) is 56.8 Å². The summed E-state index contributed by atoms with van der Waals surface area (Å²) in [6.07, 6.45) is 1.64. The fourth-order valence-electron chi connectivity index (χ4n) is 4.81. The molecule has 10 heteroatoms. The number of likely N-dealkylation sites (N-methyl/N-ethyl adjacent to an activating group) is 1. The van der Waals surface area contributed by atoms with Crippen LogP contribution in [0.2, 0.25) is 0 Å². The van der Waals surface area contributed by atoms with E-state index < -0.39 is 0 Å². The van der Waals surface area contributed by atoms with Crippen molar-refractivity contribution in [2.24, 2.45) is 19.1 Å². The molecule has 4 aromatic rings. The van der Waals surface area contributed by atoms with Gasteiger partial charge in [0.25, 0.3) is 5.56 Å². The van der Waals surface area contributed by atoms with Gasteiger partial charge in [0, 0.05) is 56.7 Å². The van der Waals surface area contributed by atoms with Gasteiger partial charge in [0.05, 0.1) is 33.7 Å². The lowest BCUT2D eigenvalue weighted by atomic mass is 10.2. The van der Waals surface area contributed by atoms with E-state index in [9.17, 15) is 9.59 Å². The number of H-pyrrole nitrogens is 1. The van der Waals surface area contributed by atoms with Crippen LogP contribution >= 0.6 is 15.9 Å². The minimum atomic E-state index is -0.156. The van der Waals surface area contributed by atoms with E-state index in [1.165, 1.54) is 0 Å². The lowest BCUT2D eigenvalue weighted by Gasteiger charge is -2.34. The number of nitrogens with zero attached hydrogens (tertiary/aromatic N) is 6. The summed E-state index contributed by atoms with van der Waals surface area (Å²) >= 11 is 3.48. The maximum absolute atomic E-state index is 13.3. The summed E-state index contributed by atoms with van der Waals surface area (Å²) in [5.41, 5.74) is 6.14. The number of benzene rings is 2. The molecule has 5 rings (SSSR count). The highest BCUT2D eigenvalue weighted by Crippen LogP contribution is 2.34. The summed E-state index contributed by atoms with van der Waals surface area (Å²) in [7, 11) is 5.67. The number of hydrogen-bond donors (Lipinski definition) is 1. The van der Waals surface area contributed by atoms with E-state index in [2.05, 4.69) is 37.9 Å². The van der Waals surface area contributed by atoms with E-state index in [1.54, 1.807) is 34.1 Å². The highest BCUT2D eigenvalue weighted by molar-refractivity contribution is 9.10. The standard InChI is InChI=1S/C26H30BrN7O2/c1-16-12-18(27)6-7-21(16)34-25(35)19(17(2)29-34)15-28-20-13-23-24(32(5)26(36)31(23)4)14-22(20)33-10-8-30(3)9-11-33/h6-7,12-15,29H,8-11H2,1-5H3. The average Bonchev–Trinajstić information content (AvgIpc) is 3.24. The molecule has 0 aliphatic carbocycles. The highest BCUT2D eigenvalue weighted by atomic mass is 79.9. The number of halogens is 1. The number of nitrogens with one attached hydrogen (secondary N) is 1. The first kappa shape index (κ1) is 24.3. The molecule has 9 nitrogen and oxygen atoms in total. The first-order chi connectivity index (χ1) is 17.2. The predicted molar refractivity (Wildman–Crippen MR) is 149 cm³/mol. The Morgan fingerprint density at radius 2 is 1.58 bits per heavy atom. The molecule has 188 valence electrons. The summed E-state index contributed by atoms with van der Waals surface area (Å²) in [6, 6.07) is 9.79. The minimum absolute atomic E-state index is 0.0790. The van der Waals surface area contributed by atoms with E-state index in [1.807, 2.05) is 44.2 Å². The number of rotatable bonds is 4. The van der Waals surface area contributed by atoms with Gasteiger partial charge in [-0.15, -0.1) is 0 Å². The summed E-state index contributed by atoms with van der Waals surface area (Å²) in [5.74, 6) is 0. The third-order valence-electron chi connectivity index (χ3n) is 7.06. The molecule has 3 heterocycles. The zero-order chi connectivity index (χ0) is 25.7. The van der Waals surface area contributed by atoms with Crippen LogP contribution in [-0.2, 0) is 14.1 Å². The third kappa shape index (κ3) is 4.14. The van der Waals surface area contributed by atoms with Crippen LogP contribution in [0.5, 0.6) is 0 Å². The van der Waals surface area contributed by atoms with Gasteiger partial charge in [0.1, 0.15) is 0 Å². The predicted octanol–water partition coefficient (Wildman–Crippen LogP) is 3.24. The summed E-state index contributed by atoms with van der Waals surface area (Å²) < 4.78 is 5.82. The molecule has 0 radical (unpaired) electrons. The number of aliphatic imine (C=N–C) groups is 1. The van der Waals surface area contributed by atoms with Gasteiger partial charge in [-0.25, -0.2) is 9.48 Å². The summed E-state index contributed by atoms with van der Waals surface area (Å²) in [6.45, 7) is 7.47. The zero-order valence-corrected chi connectivity index (χ0v) is 22.8. The lowest BCUT2D eigenvalue weighted by molar-refractivity contribution is 0.313. The van der Waals surface area contributed by atoms with Crippen LogP contribution in [0.25, 0.3) is 16.7 Å². The third-order valence-corrected chi connectivity index (χ3v) is 7.56. The average molecular weight is 552 g/mol. The number of fused-ring (bicyclic) bond motifs is 1. The van der Waals surface area contributed by atoms with E-state index in [0.717, 1.165) is 70.0 Å². The Morgan fingerprint density at radius 1 is 0.917 bits per heavy atom. The van der Waals surface area contributed by atoms with Crippen molar-refractivity contribution < 1.29 is 0 Å². The Kier molecular flexibility index (Phi) is 6.25. The van der Waals surface area contributed by atoms with Crippen LogP contribution in [0.4, 0.5) is 11.4 Å². The smallest absolute Gasteiger partial charge is 0.328 e. The van der Waals surface area contributed by atoms with Crippen LogP contribution < -0.4 is 16.1 Å². The fourth-order valence-corrected chi connectivity index (χ4v) is 5.29. The molecule has 1 fully saturated rings. The lowest BCUT2D eigenvalue weighted by Crippen LogP contribution is -2.44. The molecule has 1 saturated heterocycles. The molecule has 36 heavy (non-hydrogen) atoms. The van der Waals surface area contributed by atoms with Crippen molar-refractivity contribution in [3.63, 3.8) is 0 Å². The molecular formula is C26H30BrN7O2. The van der Waals surface area contributed by atoms with Gasteiger partial charge < -0.3 is 9.80 Å².